The summed E-state index contributed by atoms with van der Waals surface area (Å²) in [6.45, 7) is 2.95. The van der Waals surface area contributed by atoms with Gasteiger partial charge in [-0.25, -0.2) is 8.42 Å². The Kier molecular flexibility index (Phi) is 5.82. The number of sulfonamides is 1. The van der Waals surface area contributed by atoms with Crippen LogP contribution in [0.2, 0.25) is 10.0 Å². The lowest BCUT2D eigenvalue weighted by Gasteiger charge is -2.25. The largest absolute Gasteiger partial charge is 0.369 e. The molecule has 0 atom stereocenters. The average molecular weight is 339 g/mol. The molecule has 0 aliphatic rings. The van der Waals surface area contributed by atoms with E-state index in [1.807, 2.05) is 0 Å². The van der Waals surface area contributed by atoms with Gasteiger partial charge in [0, 0.05) is 21.7 Å². The highest BCUT2D eigenvalue weighted by molar-refractivity contribution is 7.88. The zero-order valence-electron chi connectivity index (χ0n) is 11.1. The summed E-state index contributed by atoms with van der Waals surface area (Å²) >= 11 is 11.9. The molecular formula is C12H16Cl2N2O3S. The Bertz CT molecular complexity index is 582. The number of carbonyl (C=O) groups excluding carboxylic acids is 1. The normalized spacial score (nSPS) is 12.1. The minimum Gasteiger partial charge on any atom is -0.369 e. The van der Waals surface area contributed by atoms with Crippen molar-refractivity contribution in [3.63, 3.8) is 0 Å². The van der Waals surface area contributed by atoms with Crippen LogP contribution in [0.4, 0.5) is 0 Å². The van der Waals surface area contributed by atoms with Crippen LogP contribution in [0.5, 0.6) is 0 Å². The molecule has 20 heavy (non-hydrogen) atoms. The predicted octanol–water partition coefficient (Wildman–Crippen LogP) is 2.02. The van der Waals surface area contributed by atoms with E-state index in [4.69, 9.17) is 28.9 Å². The lowest BCUT2D eigenvalue weighted by molar-refractivity contribution is -0.118. The summed E-state index contributed by atoms with van der Waals surface area (Å²) < 4.78 is 25.8. The highest BCUT2D eigenvalue weighted by Gasteiger charge is 2.28. The Morgan fingerprint density at radius 1 is 1.30 bits per heavy atom. The standard InChI is InChI=1S/C12H16Cl2N2O3S/c1-8(2)16(6-12(15)17)20(18,19)7-9-10(13)4-3-5-11(9)14/h3-5,8H,6-7H2,1-2H3,(H2,15,17). The highest BCUT2D eigenvalue weighted by Crippen LogP contribution is 2.27. The van der Waals surface area contributed by atoms with E-state index in [0.717, 1.165) is 4.31 Å². The van der Waals surface area contributed by atoms with Crippen molar-refractivity contribution in [2.75, 3.05) is 6.54 Å². The molecule has 1 aromatic rings. The zero-order chi connectivity index (χ0) is 15.5. The molecule has 0 spiro atoms. The van der Waals surface area contributed by atoms with Gasteiger partial charge in [-0.15, -0.1) is 0 Å². The van der Waals surface area contributed by atoms with E-state index in [1.54, 1.807) is 32.0 Å². The van der Waals surface area contributed by atoms with Crippen molar-refractivity contribution in [2.45, 2.75) is 25.6 Å². The summed E-state index contributed by atoms with van der Waals surface area (Å²) in [6.07, 6.45) is 0. The van der Waals surface area contributed by atoms with Gasteiger partial charge in [-0.3, -0.25) is 4.79 Å². The first-order valence-electron chi connectivity index (χ1n) is 5.86. The molecule has 0 aliphatic heterocycles. The number of primary amides is 1. The van der Waals surface area contributed by atoms with Crippen LogP contribution in [0.3, 0.4) is 0 Å². The minimum absolute atomic E-state index is 0.267. The van der Waals surface area contributed by atoms with Gasteiger partial charge in [0.25, 0.3) is 0 Å². The summed E-state index contributed by atoms with van der Waals surface area (Å²) in [5, 5.41) is 0.535. The summed E-state index contributed by atoms with van der Waals surface area (Å²) in [7, 11) is -3.75. The van der Waals surface area contributed by atoms with Crippen molar-refractivity contribution in [3.8, 4) is 0 Å². The Labute approximate surface area is 128 Å². The predicted molar refractivity (Wildman–Crippen MR) is 80.1 cm³/mol. The molecule has 0 bridgehead atoms. The highest BCUT2D eigenvalue weighted by atomic mass is 35.5. The molecule has 1 aromatic carbocycles. The van der Waals surface area contributed by atoms with Crippen molar-refractivity contribution in [1.29, 1.82) is 0 Å². The fraction of sp³-hybridized carbons (Fsp3) is 0.417. The summed E-state index contributed by atoms with van der Waals surface area (Å²) in [5.74, 6) is -1.09. The molecule has 0 fully saturated rings. The number of benzene rings is 1. The summed E-state index contributed by atoms with van der Waals surface area (Å²) in [5.41, 5.74) is 5.39. The molecule has 1 rings (SSSR count). The van der Waals surface area contributed by atoms with Crippen molar-refractivity contribution in [3.05, 3.63) is 33.8 Å². The number of carbonyl (C=O) groups is 1. The van der Waals surface area contributed by atoms with Crippen molar-refractivity contribution >= 4 is 39.1 Å². The lowest BCUT2D eigenvalue weighted by atomic mass is 10.2. The average Bonchev–Trinajstić information content (AvgIpc) is 2.30. The maximum atomic E-state index is 12.4. The van der Waals surface area contributed by atoms with Crippen LogP contribution in [0, 0.1) is 0 Å². The Hall–Kier alpha value is -0.820. The van der Waals surface area contributed by atoms with Gasteiger partial charge < -0.3 is 5.73 Å². The molecular weight excluding hydrogens is 323 g/mol. The van der Waals surface area contributed by atoms with Crippen LogP contribution in [0.25, 0.3) is 0 Å². The Morgan fingerprint density at radius 3 is 2.20 bits per heavy atom. The minimum atomic E-state index is -3.75. The van der Waals surface area contributed by atoms with Crippen molar-refractivity contribution < 1.29 is 13.2 Å². The molecule has 0 heterocycles. The first-order chi connectivity index (χ1) is 9.15. The zero-order valence-corrected chi connectivity index (χ0v) is 13.5. The fourth-order valence-electron chi connectivity index (χ4n) is 1.69. The molecule has 0 unspecified atom stereocenters. The maximum absolute atomic E-state index is 12.4. The van der Waals surface area contributed by atoms with Gasteiger partial charge in [0.15, 0.2) is 0 Å². The molecule has 0 aromatic heterocycles. The third-order valence-electron chi connectivity index (χ3n) is 2.63. The van der Waals surface area contributed by atoms with Crippen LogP contribution in [0.15, 0.2) is 18.2 Å². The van der Waals surface area contributed by atoms with E-state index in [9.17, 15) is 13.2 Å². The number of rotatable bonds is 6. The molecule has 112 valence electrons. The van der Waals surface area contributed by atoms with Crippen LogP contribution in [0.1, 0.15) is 19.4 Å². The number of nitrogens with two attached hydrogens (primary N) is 1. The molecule has 0 saturated heterocycles. The Balaban J connectivity index is 3.12. The van der Waals surface area contributed by atoms with Crippen LogP contribution in [-0.4, -0.2) is 31.2 Å². The first kappa shape index (κ1) is 17.2. The van der Waals surface area contributed by atoms with E-state index in [2.05, 4.69) is 0 Å². The van der Waals surface area contributed by atoms with Crippen LogP contribution < -0.4 is 5.73 Å². The molecule has 0 saturated carbocycles. The van der Waals surface area contributed by atoms with Gasteiger partial charge in [-0.05, 0) is 26.0 Å². The number of amides is 1. The van der Waals surface area contributed by atoms with E-state index >= 15 is 0 Å². The third kappa shape index (κ3) is 4.34. The molecule has 2 N–H and O–H groups in total. The number of nitrogens with zero attached hydrogens (tertiary/aromatic N) is 1. The van der Waals surface area contributed by atoms with Gasteiger partial charge in [0.2, 0.25) is 15.9 Å². The second-order valence-electron chi connectivity index (χ2n) is 4.56. The second-order valence-corrected chi connectivity index (χ2v) is 7.30. The quantitative estimate of drug-likeness (QED) is 0.861. The van der Waals surface area contributed by atoms with Crippen LogP contribution in [-0.2, 0) is 20.6 Å². The third-order valence-corrected chi connectivity index (χ3v) is 5.26. The summed E-state index contributed by atoms with van der Waals surface area (Å²) in [6, 6.07) is 4.36. The van der Waals surface area contributed by atoms with Crippen LogP contribution >= 0.6 is 23.2 Å². The SMILES string of the molecule is CC(C)N(CC(N)=O)S(=O)(=O)Cc1c(Cl)cccc1Cl. The molecule has 8 heteroatoms. The van der Waals surface area contributed by atoms with Crippen molar-refractivity contribution in [2.24, 2.45) is 5.73 Å². The first-order valence-corrected chi connectivity index (χ1v) is 8.22. The van der Waals surface area contributed by atoms with Gasteiger partial charge >= 0.3 is 0 Å². The second kappa shape index (κ2) is 6.76. The summed E-state index contributed by atoms with van der Waals surface area (Å²) in [4.78, 5) is 11.0. The van der Waals surface area contributed by atoms with E-state index < -0.39 is 22.0 Å². The smallest absolute Gasteiger partial charge is 0.232 e. The van der Waals surface area contributed by atoms with E-state index in [1.165, 1.54) is 0 Å². The van der Waals surface area contributed by atoms with Crippen molar-refractivity contribution in [1.82, 2.24) is 4.31 Å². The van der Waals surface area contributed by atoms with Gasteiger partial charge in [0.1, 0.15) is 0 Å². The van der Waals surface area contributed by atoms with E-state index in [0.29, 0.717) is 5.56 Å². The van der Waals surface area contributed by atoms with E-state index in [-0.39, 0.29) is 22.3 Å². The maximum Gasteiger partial charge on any atom is 0.232 e. The Morgan fingerprint density at radius 2 is 1.80 bits per heavy atom. The fourth-order valence-corrected chi connectivity index (χ4v) is 4.19. The monoisotopic (exact) mass is 338 g/mol. The number of hydrogen-bond donors (Lipinski definition) is 1. The molecule has 5 nitrogen and oxygen atoms in total. The molecule has 1 amide bonds. The number of hydrogen-bond acceptors (Lipinski definition) is 3. The van der Waals surface area contributed by atoms with Gasteiger partial charge in [-0.1, -0.05) is 29.3 Å². The lowest BCUT2D eigenvalue weighted by Crippen LogP contribution is -2.43. The molecule has 0 radical (unpaired) electrons. The topological polar surface area (TPSA) is 80.5 Å². The number of halogens is 2. The molecule has 0 aliphatic carbocycles. The van der Waals surface area contributed by atoms with Gasteiger partial charge in [-0.2, -0.15) is 4.31 Å². The van der Waals surface area contributed by atoms with Gasteiger partial charge in [0.05, 0.1) is 12.3 Å².